The Bertz CT molecular complexity index is 3830. The summed E-state index contributed by atoms with van der Waals surface area (Å²) in [5, 5.41) is 9.63. The minimum atomic E-state index is 0.857. The average Bonchev–Trinajstić information content (AvgIpc) is 4.02. The van der Waals surface area contributed by atoms with Crippen molar-refractivity contribution >= 4 is 103 Å². The molecule has 0 radical (unpaired) electrons. The Hall–Kier alpha value is -7.92. The molecule has 0 bridgehead atoms. The van der Waals surface area contributed by atoms with Crippen LogP contribution >= 0.6 is 11.3 Å². The molecule has 0 aliphatic heterocycles. The molecule has 13 aromatic rings. The molecule has 0 aliphatic carbocycles. The van der Waals surface area contributed by atoms with Crippen LogP contribution in [-0.4, -0.2) is 4.57 Å². The van der Waals surface area contributed by atoms with E-state index in [0.29, 0.717) is 0 Å². The van der Waals surface area contributed by atoms with E-state index in [9.17, 15) is 0 Å². The maximum Gasteiger partial charge on any atom is 0.145 e. The lowest BCUT2D eigenvalue weighted by atomic mass is 9.98. The number of thiophene rings is 1. The van der Waals surface area contributed by atoms with Crippen LogP contribution in [0.2, 0.25) is 0 Å². The maximum absolute atomic E-state index is 7.02. The molecule has 0 unspecified atom stereocenters. The Kier molecular flexibility index (Phi) is 7.78. The summed E-state index contributed by atoms with van der Waals surface area (Å²) in [7, 11) is 0. The topological polar surface area (TPSA) is 21.3 Å². The van der Waals surface area contributed by atoms with E-state index in [0.717, 1.165) is 55.8 Å². The van der Waals surface area contributed by atoms with Gasteiger partial charge in [-0.1, -0.05) is 140 Å². The monoisotopic (exact) mass is 808 g/mol. The second-order valence-electron chi connectivity index (χ2n) is 16.0. The van der Waals surface area contributed by atoms with Crippen LogP contribution in [0.3, 0.4) is 0 Å². The van der Waals surface area contributed by atoms with Crippen LogP contribution in [0.1, 0.15) is 0 Å². The third-order valence-corrected chi connectivity index (χ3v) is 13.7. The molecule has 0 aliphatic rings. The van der Waals surface area contributed by atoms with E-state index < -0.39 is 0 Å². The Morgan fingerprint density at radius 1 is 0.403 bits per heavy atom. The number of anilines is 3. The minimum absolute atomic E-state index is 0.857. The van der Waals surface area contributed by atoms with Gasteiger partial charge in [0.15, 0.2) is 0 Å². The van der Waals surface area contributed by atoms with Crippen molar-refractivity contribution in [2.75, 3.05) is 4.90 Å². The van der Waals surface area contributed by atoms with Gasteiger partial charge in [-0.25, -0.2) is 0 Å². The molecule has 0 fully saturated rings. The molecule has 62 heavy (non-hydrogen) atoms. The van der Waals surface area contributed by atoms with Crippen LogP contribution in [0, 0.1) is 0 Å². The summed E-state index contributed by atoms with van der Waals surface area (Å²) in [5.74, 6) is 0. The van der Waals surface area contributed by atoms with Gasteiger partial charge in [0.2, 0.25) is 0 Å². The zero-order chi connectivity index (χ0) is 40.7. The quantitative estimate of drug-likeness (QED) is 0.167. The van der Waals surface area contributed by atoms with Gasteiger partial charge in [0.05, 0.1) is 27.8 Å². The fourth-order valence-electron chi connectivity index (χ4n) is 9.74. The Balaban J connectivity index is 1.02. The first kappa shape index (κ1) is 34.9. The van der Waals surface area contributed by atoms with E-state index in [-0.39, 0.29) is 0 Å². The molecule has 3 heterocycles. The van der Waals surface area contributed by atoms with Gasteiger partial charge in [-0.3, -0.25) is 0 Å². The van der Waals surface area contributed by atoms with E-state index in [1.807, 2.05) is 11.3 Å². The van der Waals surface area contributed by atoms with Gasteiger partial charge in [0.1, 0.15) is 11.2 Å². The highest BCUT2D eigenvalue weighted by atomic mass is 32.1. The molecule has 0 spiro atoms. The average molecular weight is 809 g/mol. The summed E-state index contributed by atoms with van der Waals surface area (Å²) in [6.07, 6.45) is 0. The number of fused-ring (bicyclic) bond motifs is 10. The number of benzene rings is 10. The molecular weight excluding hydrogens is 773 g/mol. The third-order valence-electron chi connectivity index (χ3n) is 12.6. The number of nitrogens with zero attached hydrogens (tertiary/aromatic N) is 2. The SMILES string of the molecule is c1ccc(-n2c3ccccc3c3ccccc32)c(-c2ccc(N(c3ccc(-c4ccc5sc6ccccc6c5c4)cc3)c3ccc4ccccc4c3)c3c2oc2ccccc23)c1. The molecule has 0 N–H and O–H groups in total. The highest BCUT2D eigenvalue weighted by Crippen LogP contribution is 2.48. The minimum Gasteiger partial charge on any atom is -0.455 e. The van der Waals surface area contributed by atoms with Crippen molar-refractivity contribution in [3.05, 3.63) is 218 Å². The van der Waals surface area contributed by atoms with Crippen molar-refractivity contribution in [1.29, 1.82) is 0 Å². The Labute approximate surface area is 361 Å². The van der Waals surface area contributed by atoms with Gasteiger partial charge >= 0.3 is 0 Å². The highest BCUT2D eigenvalue weighted by molar-refractivity contribution is 7.25. The molecule has 0 atom stereocenters. The van der Waals surface area contributed by atoms with Crippen molar-refractivity contribution in [2.24, 2.45) is 0 Å². The summed E-state index contributed by atoms with van der Waals surface area (Å²) in [5.41, 5.74) is 12.9. The first-order valence-electron chi connectivity index (χ1n) is 21.1. The molecule has 0 saturated heterocycles. The lowest BCUT2D eigenvalue weighted by molar-refractivity contribution is 0.670. The molecular formula is C58H36N2OS. The van der Waals surface area contributed by atoms with Crippen molar-refractivity contribution in [3.63, 3.8) is 0 Å². The Morgan fingerprint density at radius 3 is 1.85 bits per heavy atom. The highest BCUT2D eigenvalue weighted by Gasteiger charge is 2.24. The molecule has 4 heteroatoms. The predicted molar refractivity (Wildman–Crippen MR) is 264 cm³/mol. The third kappa shape index (κ3) is 5.37. The fraction of sp³-hybridized carbons (Fsp3) is 0. The summed E-state index contributed by atoms with van der Waals surface area (Å²) in [6, 6.07) is 79.2. The molecule has 3 nitrogen and oxygen atoms in total. The molecule has 13 rings (SSSR count). The van der Waals surface area contributed by atoms with Gasteiger partial charge in [0.25, 0.3) is 0 Å². The number of hydrogen-bond acceptors (Lipinski definition) is 3. The number of furan rings is 1. The maximum atomic E-state index is 7.02. The van der Waals surface area contributed by atoms with E-state index in [2.05, 4.69) is 228 Å². The number of aromatic nitrogens is 1. The normalized spacial score (nSPS) is 11.9. The van der Waals surface area contributed by atoms with Crippen LogP contribution < -0.4 is 4.90 Å². The van der Waals surface area contributed by atoms with Crippen LogP contribution in [0.25, 0.3) is 103 Å². The number of rotatable bonds is 6. The predicted octanol–water partition coefficient (Wildman–Crippen LogP) is 17.0. The van der Waals surface area contributed by atoms with E-state index >= 15 is 0 Å². The zero-order valence-electron chi connectivity index (χ0n) is 33.5. The van der Waals surface area contributed by atoms with E-state index in [1.54, 1.807) is 0 Å². The van der Waals surface area contributed by atoms with Gasteiger partial charge in [-0.05, 0) is 101 Å². The summed E-state index contributed by atoms with van der Waals surface area (Å²) >= 11 is 1.85. The van der Waals surface area contributed by atoms with Crippen molar-refractivity contribution in [2.45, 2.75) is 0 Å². The summed E-state index contributed by atoms with van der Waals surface area (Å²) < 4.78 is 12.1. The van der Waals surface area contributed by atoms with Crippen LogP contribution in [-0.2, 0) is 0 Å². The molecule has 0 saturated carbocycles. The molecule has 290 valence electrons. The van der Waals surface area contributed by atoms with Gasteiger partial charge < -0.3 is 13.9 Å². The van der Waals surface area contributed by atoms with Crippen LogP contribution in [0.15, 0.2) is 223 Å². The summed E-state index contributed by atoms with van der Waals surface area (Å²) in [4.78, 5) is 2.40. The van der Waals surface area contributed by atoms with Crippen LogP contribution in [0.5, 0.6) is 0 Å². The van der Waals surface area contributed by atoms with E-state index in [1.165, 1.54) is 63.9 Å². The number of hydrogen-bond donors (Lipinski definition) is 0. The van der Waals surface area contributed by atoms with Crippen molar-refractivity contribution in [1.82, 2.24) is 4.57 Å². The molecule has 10 aromatic carbocycles. The first-order chi connectivity index (χ1) is 30.7. The van der Waals surface area contributed by atoms with Gasteiger partial charge in [0, 0.05) is 58.8 Å². The van der Waals surface area contributed by atoms with Gasteiger partial charge in [-0.2, -0.15) is 0 Å². The lowest BCUT2D eigenvalue weighted by Crippen LogP contribution is -2.10. The zero-order valence-corrected chi connectivity index (χ0v) is 34.3. The second kappa shape index (κ2) is 13.8. The smallest absolute Gasteiger partial charge is 0.145 e. The molecule has 0 amide bonds. The van der Waals surface area contributed by atoms with E-state index in [4.69, 9.17) is 4.42 Å². The fourth-order valence-corrected chi connectivity index (χ4v) is 10.8. The number of para-hydroxylation sites is 4. The molecule has 3 aromatic heterocycles. The largest absolute Gasteiger partial charge is 0.455 e. The standard InChI is InChI=1S/C58H36N2OS/c1-2-14-39-35-42(31-27-37(39)13-1)59(41-29-25-38(26-30-41)40-28-34-56-49(36-40)46-18-7-12-24-55(46)62-56)53-33-32-47(58-57(53)48-19-6-11-23-54(48)61-58)45-17-5-10-22-52(45)60-50-20-8-3-15-43(50)44-16-4-9-21-51(44)60/h1-36H. The Morgan fingerprint density at radius 2 is 1.03 bits per heavy atom. The van der Waals surface area contributed by atoms with Crippen LogP contribution in [0.4, 0.5) is 17.1 Å². The van der Waals surface area contributed by atoms with Crippen molar-refractivity contribution < 1.29 is 4.42 Å². The summed E-state index contributed by atoms with van der Waals surface area (Å²) in [6.45, 7) is 0. The lowest BCUT2D eigenvalue weighted by Gasteiger charge is -2.27. The second-order valence-corrected chi connectivity index (χ2v) is 17.1. The van der Waals surface area contributed by atoms with Gasteiger partial charge in [-0.15, -0.1) is 11.3 Å². The first-order valence-corrected chi connectivity index (χ1v) is 21.9. The van der Waals surface area contributed by atoms with Crippen molar-refractivity contribution in [3.8, 4) is 27.9 Å².